The molecule has 0 atom stereocenters. The molecule has 4 nitrogen and oxygen atoms in total. The molecular weight excluding hydrogens is 248 g/mol. The lowest BCUT2D eigenvalue weighted by Crippen LogP contribution is -2.25. The standard InChI is InChI=1S/C9H11BrN2O2/c1-12(14-2)9(13)6-3-7(10)5-8(11)4-6/h3-5H,11H2,1-2H3. The predicted molar refractivity (Wildman–Crippen MR) is 57.7 cm³/mol. The van der Waals surface area contributed by atoms with Crippen LogP contribution < -0.4 is 5.73 Å². The third-order valence-corrected chi connectivity index (χ3v) is 2.18. The fourth-order valence-corrected chi connectivity index (χ4v) is 1.51. The zero-order valence-electron chi connectivity index (χ0n) is 7.95. The van der Waals surface area contributed by atoms with Crippen LogP contribution in [0.3, 0.4) is 0 Å². The zero-order valence-corrected chi connectivity index (χ0v) is 9.54. The van der Waals surface area contributed by atoms with E-state index in [-0.39, 0.29) is 5.91 Å². The van der Waals surface area contributed by atoms with Gasteiger partial charge in [-0.25, -0.2) is 5.06 Å². The SMILES string of the molecule is CON(C)C(=O)c1cc(N)cc(Br)c1. The third kappa shape index (κ3) is 2.46. The molecule has 0 fully saturated rings. The Hall–Kier alpha value is -1.07. The first-order chi connectivity index (χ1) is 6.54. The van der Waals surface area contributed by atoms with Crippen LogP contribution in [-0.2, 0) is 4.84 Å². The van der Waals surface area contributed by atoms with E-state index >= 15 is 0 Å². The summed E-state index contributed by atoms with van der Waals surface area (Å²) in [5.74, 6) is -0.236. The molecule has 0 aliphatic rings. The number of nitrogens with zero attached hydrogens (tertiary/aromatic N) is 1. The van der Waals surface area contributed by atoms with Gasteiger partial charge in [-0.15, -0.1) is 0 Å². The summed E-state index contributed by atoms with van der Waals surface area (Å²) in [6, 6.07) is 5.01. The highest BCUT2D eigenvalue weighted by molar-refractivity contribution is 9.10. The molecule has 0 bridgehead atoms. The van der Waals surface area contributed by atoms with Crippen LogP contribution in [-0.4, -0.2) is 25.1 Å². The minimum absolute atomic E-state index is 0.236. The summed E-state index contributed by atoms with van der Waals surface area (Å²) in [6.45, 7) is 0. The molecule has 1 aromatic carbocycles. The Kier molecular flexibility index (Phi) is 3.49. The first-order valence-electron chi connectivity index (χ1n) is 3.93. The molecule has 1 aromatic rings. The van der Waals surface area contributed by atoms with Gasteiger partial charge in [-0.05, 0) is 18.2 Å². The number of hydroxylamine groups is 2. The fourth-order valence-electron chi connectivity index (χ4n) is 1.00. The molecule has 2 N–H and O–H groups in total. The van der Waals surface area contributed by atoms with Crippen molar-refractivity contribution in [3.63, 3.8) is 0 Å². The van der Waals surface area contributed by atoms with Gasteiger partial charge in [-0.1, -0.05) is 15.9 Å². The fraction of sp³-hybridized carbons (Fsp3) is 0.222. The summed E-state index contributed by atoms with van der Waals surface area (Å²) < 4.78 is 0.769. The van der Waals surface area contributed by atoms with Gasteiger partial charge in [0.15, 0.2) is 0 Å². The maximum Gasteiger partial charge on any atom is 0.277 e. The average Bonchev–Trinajstić information content (AvgIpc) is 2.14. The van der Waals surface area contributed by atoms with Crippen molar-refractivity contribution < 1.29 is 9.63 Å². The summed E-state index contributed by atoms with van der Waals surface area (Å²) >= 11 is 3.26. The smallest absolute Gasteiger partial charge is 0.277 e. The number of carbonyl (C=O) groups excluding carboxylic acids is 1. The number of hydrogen-bond acceptors (Lipinski definition) is 3. The summed E-state index contributed by atoms with van der Waals surface area (Å²) in [7, 11) is 2.97. The number of carbonyl (C=O) groups is 1. The minimum atomic E-state index is -0.236. The van der Waals surface area contributed by atoms with Crippen molar-refractivity contribution in [3.05, 3.63) is 28.2 Å². The lowest BCUT2D eigenvalue weighted by molar-refractivity contribution is -0.0756. The quantitative estimate of drug-likeness (QED) is 0.649. The predicted octanol–water partition coefficient (Wildman–Crippen LogP) is 1.66. The molecule has 1 rings (SSSR count). The van der Waals surface area contributed by atoms with Crippen molar-refractivity contribution >= 4 is 27.5 Å². The number of hydrogen-bond donors (Lipinski definition) is 1. The Morgan fingerprint density at radius 1 is 1.50 bits per heavy atom. The van der Waals surface area contributed by atoms with Gasteiger partial charge in [-0.2, -0.15) is 0 Å². The second kappa shape index (κ2) is 4.43. The molecule has 0 heterocycles. The molecule has 0 radical (unpaired) electrons. The Morgan fingerprint density at radius 2 is 2.14 bits per heavy atom. The molecule has 0 saturated heterocycles. The topological polar surface area (TPSA) is 55.6 Å². The molecule has 0 aliphatic heterocycles. The van der Waals surface area contributed by atoms with E-state index in [1.807, 2.05) is 0 Å². The first-order valence-corrected chi connectivity index (χ1v) is 4.72. The summed E-state index contributed by atoms with van der Waals surface area (Å²) in [4.78, 5) is 16.4. The van der Waals surface area contributed by atoms with E-state index in [0.29, 0.717) is 11.3 Å². The number of halogens is 1. The van der Waals surface area contributed by atoms with Crippen LogP contribution in [0.15, 0.2) is 22.7 Å². The van der Waals surface area contributed by atoms with Gasteiger partial charge < -0.3 is 5.73 Å². The molecule has 0 spiro atoms. The maximum atomic E-state index is 11.6. The zero-order chi connectivity index (χ0) is 10.7. The molecule has 0 aliphatic carbocycles. The van der Waals surface area contributed by atoms with E-state index in [9.17, 15) is 4.79 Å². The van der Waals surface area contributed by atoms with Gasteiger partial charge in [-0.3, -0.25) is 9.63 Å². The maximum absolute atomic E-state index is 11.6. The van der Waals surface area contributed by atoms with Gasteiger partial charge in [0, 0.05) is 22.8 Å². The number of benzene rings is 1. The normalized spacial score (nSPS) is 9.93. The van der Waals surface area contributed by atoms with Crippen LogP contribution in [0, 0.1) is 0 Å². The van der Waals surface area contributed by atoms with E-state index < -0.39 is 0 Å². The highest BCUT2D eigenvalue weighted by Crippen LogP contribution is 2.18. The molecule has 0 saturated carbocycles. The van der Waals surface area contributed by atoms with E-state index in [4.69, 9.17) is 10.6 Å². The van der Waals surface area contributed by atoms with Crippen molar-refractivity contribution in [2.24, 2.45) is 0 Å². The number of amides is 1. The lowest BCUT2D eigenvalue weighted by atomic mass is 10.2. The van der Waals surface area contributed by atoms with Crippen LogP contribution in [0.1, 0.15) is 10.4 Å². The van der Waals surface area contributed by atoms with Crippen molar-refractivity contribution in [1.29, 1.82) is 0 Å². The molecule has 5 heteroatoms. The van der Waals surface area contributed by atoms with Gasteiger partial charge in [0.1, 0.15) is 0 Å². The van der Waals surface area contributed by atoms with E-state index in [1.54, 1.807) is 25.2 Å². The summed E-state index contributed by atoms with van der Waals surface area (Å²) in [5, 5.41) is 1.14. The van der Waals surface area contributed by atoms with Crippen molar-refractivity contribution in [2.75, 3.05) is 19.9 Å². The van der Waals surface area contributed by atoms with Crippen LogP contribution in [0.4, 0.5) is 5.69 Å². The van der Waals surface area contributed by atoms with Gasteiger partial charge in [0.25, 0.3) is 5.91 Å². The van der Waals surface area contributed by atoms with Gasteiger partial charge in [0.2, 0.25) is 0 Å². The van der Waals surface area contributed by atoms with Crippen molar-refractivity contribution in [2.45, 2.75) is 0 Å². The number of nitrogens with two attached hydrogens (primary N) is 1. The first kappa shape index (κ1) is 11.0. The van der Waals surface area contributed by atoms with Crippen molar-refractivity contribution in [3.8, 4) is 0 Å². The molecule has 0 unspecified atom stereocenters. The molecule has 76 valence electrons. The molecule has 14 heavy (non-hydrogen) atoms. The second-order valence-corrected chi connectivity index (χ2v) is 3.67. The summed E-state index contributed by atoms with van der Waals surface area (Å²) in [5.41, 5.74) is 6.62. The van der Waals surface area contributed by atoms with Crippen molar-refractivity contribution in [1.82, 2.24) is 5.06 Å². The number of rotatable bonds is 2. The highest BCUT2D eigenvalue weighted by Gasteiger charge is 2.11. The second-order valence-electron chi connectivity index (χ2n) is 2.76. The Labute approximate surface area is 90.7 Å². The average molecular weight is 259 g/mol. The summed E-state index contributed by atoms with van der Waals surface area (Å²) in [6.07, 6.45) is 0. The largest absolute Gasteiger partial charge is 0.399 e. The molecule has 0 aromatic heterocycles. The van der Waals surface area contributed by atoms with Crippen LogP contribution in [0.5, 0.6) is 0 Å². The third-order valence-electron chi connectivity index (χ3n) is 1.73. The highest BCUT2D eigenvalue weighted by atomic mass is 79.9. The Morgan fingerprint density at radius 3 is 2.64 bits per heavy atom. The number of anilines is 1. The monoisotopic (exact) mass is 258 g/mol. The van der Waals surface area contributed by atoms with E-state index in [0.717, 1.165) is 9.54 Å². The van der Waals surface area contributed by atoms with Crippen LogP contribution >= 0.6 is 15.9 Å². The van der Waals surface area contributed by atoms with Gasteiger partial charge >= 0.3 is 0 Å². The number of nitrogen functional groups attached to an aromatic ring is 1. The van der Waals surface area contributed by atoms with E-state index in [2.05, 4.69) is 15.9 Å². The lowest BCUT2D eigenvalue weighted by Gasteiger charge is -2.13. The van der Waals surface area contributed by atoms with Crippen LogP contribution in [0.2, 0.25) is 0 Å². The van der Waals surface area contributed by atoms with Crippen LogP contribution in [0.25, 0.3) is 0 Å². The Bertz CT molecular complexity index is 334. The van der Waals surface area contributed by atoms with Gasteiger partial charge in [0.05, 0.1) is 7.11 Å². The molecule has 1 amide bonds. The minimum Gasteiger partial charge on any atom is -0.399 e. The van der Waals surface area contributed by atoms with E-state index in [1.165, 1.54) is 7.11 Å². The molecular formula is C9H11BrN2O2. The Balaban J connectivity index is 3.01.